The van der Waals surface area contributed by atoms with E-state index < -0.39 is 0 Å². The third-order valence-corrected chi connectivity index (χ3v) is 2.60. The molecule has 0 N–H and O–H groups in total. The van der Waals surface area contributed by atoms with E-state index in [2.05, 4.69) is 0 Å². The Hall–Kier alpha value is -1.51. The Morgan fingerprint density at radius 2 is 1.82 bits per heavy atom. The number of methoxy groups -OCH3 is 1. The fourth-order valence-corrected chi connectivity index (χ4v) is 1.87. The van der Waals surface area contributed by atoms with Crippen molar-refractivity contribution in [2.45, 2.75) is 39.8 Å². The maximum atomic E-state index is 12.4. The van der Waals surface area contributed by atoms with Gasteiger partial charge in [-0.2, -0.15) is 0 Å². The predicted octanol–water partition coefficient (Wildman–Crippen LogP) is 2.95. The molecule has 0 fully saturated rings. The highest BCUT2D eigenvalue weighted by atomic mass is 16.5. The van der Waals surface area contributed by atoms with E-state index in [1.807, 2.05) is 27.7 Å². The summed E-state index contributed by atoms with van der Waals surface area (Å²) in [7, 11) is 1.55. The molecule has 0 aromatic heterocycles. The Bertz CT molecular complexity index is 422. The van der Waals surface area contributed by atoms with Gasteiger partial charge in [-0.05, 0) is 51.9 Å². The number of hydrogen-bond acceptors (Lipinski definition) is 2. The van der Waals surface area contributed by atoms with E-state index >= 15 is 0 Å². The number of benzene rings is 1. The van der Waals surface area contributed by atoms with Crippen molar-refractivity contribution in [2.75, 3.05) is 7.11 Å². The molecule has 0 aliphatic rings. The molecule has 0 aliphatic heterocycles. The summed E-state index contributed by atoms with van der Waals surface area (Å²) >= 11 is 0. The molecule has 1 rings (SSSR count). The first-order valence-corrected chi connectivity index (χ1v) is 5.85. The van der Waals surface area contributed by atoms with Gasteiger partial charge in [-0.25, -0.2) is 0 Å². The molecular weight excluding hydrogens is 214 g/mol. The van der Waals surface area contributed by atoms with Gasteiger partial charge in [0.1, 0.15) is 5.75 Å². The van der Waals surface area contributed by atoms with Crippen LogP contribution >= 0.6 is 0 Å². The summed E-state index contributed by atoms with van der Waals surface area (Å²) < 4.78 is 12.9. The first-order chi connectivity index (χ1) is 8.38. The molecule has 17 heavy (non-hydrogen) atoms. The second-order valence-corrected chi connectivity index (χ2v) is 4.54. The molecular formula is C14H21NO2. The predicted molar refractivity (Wildman–Crippen MR) is 69.4 cm³/mol. The van der Waals surface area contributed by atoms with E-state index in [9.17, 15) is 4.79 Å². The number of rotatable bonds is 4. The molecule has 3 heteroatoms. The quantitative estimate of drug-likeness (QED) is 0.804. The fourth-order valence-electron chi connectivity index (χ4n) is 1.87. The Kier molecular flexibility index (Phi) is 4.02. The van der Waals surface area contributed by atoms with Crippen molar-refractivity contribution in [1.82, 2.24) is 4.90 Å². The van der Waals surface area contributed by atoms with Crippen molar-refractivity contribution in [1.29, 1.82) is 0 Å². The zero-order valence-electron chi connectivity index (χ0n) is 12.2. The minimum atomic E-state index is -0.104. The lowest BCUT2D eigenvalue weighted by molar-refractivity contribution is 0.0643. The molecule has 1 aromatic rings. The average molecular weight is 236 g/mol. The molecule has 0 aliphatic carbocycles. The second kappa shape index (κ2) is 5.71. The molecule has 3 nitrogen and oxygen atoms in total. The van der Waals surface area contributed by atoms with Crippen molar-refractivity contribution >= 4 is 5.91 Å². The molecule has 0 unspecified atom stereocenters. The normalized spacial score (nSPS) is 11.6. The summed E-state index contributed by atoms with van der Waals surface area (Å²) in [6, 6.07) is 5.35. The number of nitrogens with zero attached hydrogens (tertiary/aromatic N) is 1. The highest BCUT2D eigenvalue weighted by molar-refractivity contribution is 5.94. The van der Waals surface area contributed by atoms with Crippen LogP contribution in [0.15, 0.2) is 24.2 Å². The molecule has 0 saturated heterocycles. The van der Waals surface area contributed by atoms with Crippen LogP contribution in [0.1, 0.15) is 39.4 Å². The maximum absolute atomic E-state index is 12.4. The van der Waals surface area contributed by atoms with Crippen LogP contribution in [0, 0.1) is 0 Å². The van der Waals surface area contributed by atoms with Crippen LogP contribution in [-0.2, 0) is 0 Å². The highest BCUT2D eigenvalue weighted by Crippen LogP contribution is 2.16. The van der Waals surface area contributed by atoms with Crippen LogP contribution in [0.3, 0.4) is 0 Å². The van der Waals surface area contributed by atoms with Crippen LogP contribution in [0.2, 0.25) is 0 Å². The Balaban J connectivity index is 3.09. The van der Waals surface area contributed by atoms with Crippen molar-refractivity contribution in [3.05, 3.63) is 29.8 Å². The van der Waals surface area contributed by atoms with E-state index in [4.69, 9.17) is 6.11 Å². The molecule has 0 heterocycles. The molecule has 1 amide bonds. The van der Waals surface area contributed by atoms with Crippen LogP contribution in [0.5, 0.6) is 5.75 Å². The standard InChI is InChI=1S/C14H21NO2/c1-10(2)15(11(3)4)14(16)12-6-8-13(17-5)9-7-12/h6-11H,1-5H3/i6D. The minimum absolute atomic E-state index is 0.104. The van der Waals surface area contributed by atoms with Crippen molar-refractivity contribution in [3.63, 3.8) is 0 Å². The van der Waals surface area contributed by atoms with Gasteiger partial charge in [-0.1, -0.05) is 0 Å². The largest absolute Gasteiger partial charge is 0.497 e. The van der Waals surface area contributed by atoms with E-state index in [1.165, 1.54) is 0 Å². The molecule has 0 atom stereocenters. The van der Waals surface area contributed by atoms with Crippen molar-refractivity contribution < 1.29 is 10.9 Å². The number of hydrogen-bond donors (Lipinski definition) is 0. The van der Waals surface area contributed by atoms with Gasteiger partial charge in [0.2, 0.25) is 0 Å². The Labute approximate surface area is 105 Å². The van der Waals surface area contributed by atoms with Crippen LogP contribution in [0.25, 0.3) is 0 Å². The SMILES string of the molecule is [2H]c1cc(OC)ccc1C(=O)N(C(C)C)C(C)C. The molecule has 1 aromatic carbocycles. The molecule has 0 radical (unpaired) electrons. The molecule has 0 saturated carbocycles. The van der Waals surface area contributed by atoms with Gasteiger partial charge >= 0.3 is 0 Å². The maximum Gasteiger partial charge on any atom is 0.254 e. The number of carbonyl (C=O) groups excluding carboxylic acids is 1. The summed E-state index contributed by atoms with van der Waals surface area (Å²) in [6.45, 7) is 7.91. The van der Waals surface area contributed by atoms with Gasteiger partial charge in [0.05, 0.1) is 8.48 Å². The van der Waals surface area contributed by atoms with Crippen LogP contribution < -0.4 is 4.74 Å². The summed E-state index contributed by atoms with van der Waals surface area (Å²) in [4.78, 5) is 14.2. The highest BCUT2D eigenvalue weighted by Gasteiger charge is 2.21. The first-order valence-electron chi connectivity index (χ1n) is 6.35. The average Bonchev–Trinajstić information content (AvgIpc) is 2.27. The van der Waals surface area contributed by atoms with Gasteiger partial charge in [-0.3, -0.25) is 4.79 Å². The third kappa shape index (κ3) is 3.22. The number of ether oxygens (including phenoxy) is 1. The van der Waals surface area contributed by atoms with Gasteiger partial charge in [-0.15, -0.1) is 0 Å². The Morgan fingerprint density at radius 3 is 2.24 bits per heavy atom. The lowest BCUT2D eigenvalue weighted by atomic mass is 10.1. The molecule has 94 valence electrons. The van der Waals surface area contributed by atoms with Crippen LogP contribution in [-0.4, -0.2) is 30.0 Å². The summed E-state index contributed by atoms with van der Waals surface area (Å²) in [6.07, 6.45) is 0. The van der Waals surface area contributed by atoms with E-state index in [1.54, 1.807) is 30.2 Å². The third-order valence-electron chi connectivity index (χ3n) is 2.60. The van der Waals surface area contributed by atoms with Gasteiger partial charge in [0, 0.05) is 17.6 Å². The summed E-state index contributed by atoms with van der Waals surface area (Å²) in [5.74, 6) is 0.491. The molecule has 0 spiro atoms. The van der Waals surface area contributed by atoms with E-state index in [-0.39, 0.29) is 24.0 Å². The number of carbonyl (C=O) groups is 1. The Morgan fingerprint density at radius 1 is 1.24 bits per heavy atom. The lowest BCUT2D eigenvalue weighted by Gasteiger charge is -2.30. The van der Waals surface area contributed by atoms with Gasteiger partial charge < -0.3 is 9.64 Å². The second-order valence-electron chi connectivity index (χ2n) is 4.54. The molecule has 0 bridgehead atoms. The van der Waals surface area contributed by atoms with Crippen molar-refractivity contribution in [3.8, 4) is 5.75 Å². The monoisotopic (exact) mass is 236 g/mol. The number of amides is 1. The minimum Gasteiger partial charge on any atom is -0.497 e. The summed E-state index contributed by atoms with van der Waals surface area (Å²) in [5, 5.41) is 0. The van der Waals surface area contributed by atoms with E-state index in [0.717, 1.165) is 0 Å². The van der Waals surface area contributed by atoms with Gasteiger partial charge in [0.25, 0.3) is 5.91 Å². The van der Waals surface area contributed by atoms with Crippen LogP contribution in [0.4, 0.5) is 0 Å². The zero-order valence-corrected chi connectivity index (χ0v) is 11.2. The van der Waals surface area contributed by atoms with Crippen molar-refractivity contribution in [2.24, 2.45) is 0 Å². The smallest absolute Gasteiger partial charge is 0.254 e. The fraction of sp³-hybridized carbons (Fsp3) is 0.500. The zero-order chi connectivity index (χ0) is 13.9. The first kappa shape index (κ1) is 12.0. The van der Waals surface area contributed by atoms with E-state index in [0.29, 0.717) is 11.3 Å². The summed E-state index contributed by atoms with van der Waals surface area (Å²) in [5.41, 5.74) is 0.415. The topological polar surface area (TPSA) is 29.5 Å². The van der Waals surface area contributed by atoms with Gasteiger partial charge in [0.15, 0.2) is 0 Å². The lowest BCUT2D eigenvalue weighted by Crippen LogP contribution is -2.42.